The monoisotopic (exact) mass is 284 g/mol. The van der Waals surface area contributed by atoms with Gasteiger partial charge < -0.3 is 15.0 Å². The number of nitrogens with one attached hydrogen (secondary N) is 1. The summed E-state index contributed by atoms with van der Waals surface area (Å²) in [5.74, 6) is 0.689. The molecule has 0 aromatic heterocycles. The van der Waals surface area contributed by atoms with E-state index in [1.165, 1.54) is 25.7 Å². The first-order valence-corrected chi connectivity index (χ1v) is 7.99. The fraction of sp³-hybridized carbons (Fsp3) is 0.938. The summed E-state index contributed by atoms with van der Waals surface area (Å²) >= 11 is 0. The van der Waals surface area contributed by atoms with E-state index in [0.29, 0.717) is 12.6 Å². The Morgan fingerprint density at radius 1 is 1.45 bits per heavy atom. The molecule has 1 fully saturated rings. The van der Waals surface area contributed by atoms with Gasteiger partial charge in [-0.2, -0.15) is 0 Å². The van der Waals surface area contributed by atoms with Crippen molar-refractivity contribution in [3.05, 3.63) is 0 Å². The van der Waals surface area contributed by atoms with Crippen molar-refractivity contribution < 1.29 is 9.53 Å². The van der Waals surface area contributed by atoms with E-state index in [2.05, 4.69) is 24.2 Å². The third kappa shape index (κ3) is 4.74. The molecule has 1 aliphatic carbocycles. The largest absolute Gasteiger partial charge is 0.465 e. The Morgan fingerprint density at radius 3 is 2.55 bits per heavy atom. The lowest BCUT2D eigenvalue weighted by atomic mass is 9.92. The molecule has 0 aliphatic heterocycles. The number of rotatable bonds is 8. The van der Waals surface area contributed by atoms with Crippen LogP contribution in [0.1, 0.15) is 52.9 Å². The summed E-state index contributed by atoms with van der Waals surface area (Å²) in [4.78, 5) is 14.5. The molecule has 1 rings (SSSR count). The number of esters is 1. The SMILES string of the molecule is CCOC(=O)C(C)(CC(C)N(C)CC1CCCC1)NC. The van der Waals surface area contributed by atoms with Gasteiger partial charge in [0.2, 0.25) is 0 Å². The van der Waals surface area contributed by atoms with Crippen molar-refractivity contribution in [1.29, 1.82) is 0 Å². The maximum Gasteiger partial charge on any atom is 0.326 e. The van der Waals surface area contributed by atoms with E-state index < -0.39 is 5.54 Å². The summed E-state index contributed by atoms with van der Waals surface area (Å²) in [7, 11) is 4.00. The third-order valence-electron chi connectivity index (χ3n) is 4.75. The van der Waals surface area contributed by atoms with Crippen molar-refractivity contribution in [2.45, 2.75) is 64.5 Å². The van der Waals surface area contributed by atoms with Gasteiger partial charge in [0, 0.05) is 12.6 Å². The molecule has 0 bridgehead atoms. The van der Waals surface area contributed by atoms with Gasteiger partial charge in [-0.15, -0.1) is 0 Å². The Balaban J connectivity index is 2.52. The van der Waals surface area contributed by atoms with Crippen LogP contribution in [0.2, 0.25) is 0 Å². The normalized spacial score (nSPS) is 20.9. The Morgan fingerprint density at radius 2 is 2.05 bits per heavy atom. The van der Waals surface area contributed by atoms with Gasteiger partial charge in [-0.25, -0.2) is 0 Å². The summed E-state index contributed by atoms with van der Waals surface area (Å²) in [6.07, 6.45) is 6.25. The number of likely N-dealkylation sites (N-methyl/N-ethyl adjacent to an activating group) is 1. The first-order valence-electron chi connectivity index (χ1n) is 7.99. The molecular formula is C16H32N2O2. The molecule has 0 amide bonds. The van der Waals surface area contributed by atoms with E-state index in [1.54, 1.807) is 0 Å². The topological polar surface area (TPSA) is 41.6 Å². The molecule has 0 spiro atoms. The highest BCUT2D eigenvalue weighted by molar-refractivity contribution is 5.80. The van der Waals surface area contributed by atoms with Crippen LogP contribution >= 0.6 is 0 Å². The minimum Gasteiger partial charge on any atom is -0.465 e. The molecule has 1 aliphatic rings. The molecule has 0 saturated heterocycles. The van der Waals surface area contributed by atoms with Crippen LogP contribution in [0.15, 0.2) is 0 Å². The van der Waals surface area contributed by atoms with Crippen molar-refractivity contribution in [2.75, 3.05) is 27.2 Å². The molecule has 4 nitrogen and oxygen atoms in total. The van der Waals surface area contributed by atoms with E-state index in [9.17, 15) is 4.79 Å². The molecule has 2 atom stereocenters. The predicted octanol–water partition coefficient (Wildman–Crippen LogP) is 2.43. The standard InChI is InChI=1S/C16H32N2O2/c1-6-20-15(19)16(3,17-4)11-13(2)18(5)12-14-9-7-8-10-14/h13-14,17H,6-12H2,1-5H3. The summed E-state index contributed by atoms with van der Waals surface area (Å²) < 4.78 is 5.19. The van der Waals surface area contributed by atoms with Crippen LogP contribution in [0, 0.1) is 5.92 Å². The molecule has 0 radical (unpaired) electrons. The smallest absolute Gasteiger partial charge is 0.326 e. The fourth-order valence-corrected chi connectivity index (χ4v) is 3.10. The van der Waals surface area contributed by atoms with Crippen LogP contribution in [-0.4, -0.2) is 49.7 Å². The average molecular weight is 284 g/mol. The van der Waals surface area contributed by atoms with Crippen LogP contribution in [0.3, 0.4) is 0 Å². The Kier molecular flexibility index (Phi) is 6.96. The van der Waals surface area contributed by atoms with Gasteiger partial charge in [-0.1, -0.05) is 12.8 Å². The quantitative estimate of drug-likeness (QED) is 0.695. The van der Waals surface area contributed by atoms with E-state index in [1.807, 2.05) is 20.9 Å². The molecule has 1 saturated carbocycles. The van der Waals surface area contributed by atoms with E-state index in [4.69, 9.17) is 4.74 Å². The number of hydrogen-bond acceptors (Lipinski definition) is 4. The predicted molar refractivity (Wildman–Crippen MR) is 82.8 cm³/mol. The molecule has 20 heavy (non-hydrogen) atoms. The van der Waals surface area contributed by atoms with Gasteiger partial charge in [0.25, 0.3) is 0 Å². The zero-order valence-corrected chi connectivity index (χ0v) is 13.9. The first kappa shape index (κ1) is 17.4. The van der Waals surface area contributed by atoms with Crippen LogP contribution in [-0.2, 0) is 9.53 Å². The first-order chi connectivity index (χ1) is 9.42. The highest BCUT2D eigenvalue weighted by atomic mass is 16.5. The number of hydrogen-bond donors (Lipinski definition) is 1. The van der Waals surface area contributed by atoms with Gasteiger partial charge in [0.1, 0.15) is 5.54 Å². The van der Waals surface area contributed by atoms with Gasteiger partial charge in [0.15, 0.2) is 0 Å². The minimum atomic E-state index is -0.598. The van der Waals surface area contributed by atoms with Crippen molar-refractivity contribution in [2.24, 2.45) is 5.92 Å². The van der Waals surface area contributed by atoms with Crippen LogP contribution < -0.4 is 5.32 Å². The maximum atomic E-state index is 12.1. The van der Waals surface area contributed by atoms with Crippen molar-refractivity contribution in [3.63, 3.8) is 0 Å². The second kappa shape index (κ2) is 7.99. The van der Waals surface area contributed by atoms with Crippen LogP contribution in [0.5, 0.6) is 0 Å². The van der Waals surface area contributed by atoms with Crippen molar-refractivity contribution in [3.8, 4) is 0 Å². The van der Waals surface area contributed by atoms with Crippen molar-refractivity contribution >= 4 is 5.97 Å². The van der Waals surface area contributed by atoms with E-state index in [-0.39, 0.29) is 5.97 Å². The van der Waals surface area contributed by atoms with E-state index >= 15 is 0 Å². The molecule has 0 aromatic carbocycles. The fourth-order valence-electron chi connectivity index (χ4n) is 3.10. The number of nitrogens with zero attached hydrogens (tertiary/aromatic N) is 1. The Bertz CT molecular complexity index is 303. The lowest BCUT2D eigenvalue weighted by molar-refractivity contribution is -0.151. The Hall–Kier alpha value is -0.610. The van der Waals surface area contributed by atoms with E-state index in [0.717, 1.165) is 18.9 Å². The van der Waals surface area contributed by atoms with Crippen LogP contribution in [0.4, 0.5) is 0 Å². The highest BCUT2D eigenvalue weighted by Gasteiger charge is 2.35. The summed E-state index contributed by atoms with van der Waals surface area (Å²) in [5.41, 5.74) is -0.598. The minimum absolute atomic E-state index is 0.149. The van der Waals surface area contributed by atoms with Gasteiger partial charge in [-0.05, 0) is 60.0 Å². The second-order valence-corrected chi connectivity index (χ2v) is 6.45. The highest BCUT2D eigenvalue weighted by Crippen LogP contribution is 2.26. The van der Waals surface area contributed by atoms with Gasteiger partial charge >= 0.3 is 5.97 Å². The third-order valence-corrected chi connectivity index (χ3v) is 4.75. The zero-order valence-electron chi connectivity index (χ0n) is 13.9. The number of carbonyl (C=O) groups is 1. The number of carbonyl (C=O) groups excluding carboxylic acids is 1. The average Bonchev–Trinajstić information content (AvgIpc) is 2.91. The molecule has 118 valence electrons. The summed E-state index contributed by atoms with van der Waals surface area (Å²) in [5, 5.41) is 3.14. The lowest BCUT2D eigenvalue weighted by Crippen LogP contribution is -2.52. The molecule has 0 aromatic rings. The molecule has 4 heteroatoms. The second-order valence-electron chi connectivity index (χ2n) is 6.45. The molecule has 1 N–H and O–H groups in total. The summed E-state index contributed by atoms with van der Waals surface area (Å²) in [6, 6.07) is 0.359. The maximum absolute atomic E-state index is 12.1. The zero-order chi connectivity index (χ0) is 15.2. The molecular weight excluding hydrogens is 252 g/mol. The Labute approximate surface area is 124 Å². The van der Waals surface area contributed by atoms with Gasteiger partial charge in [-0.3, -0.25) is 4.79 Å². The van der Waals surface area contributed by atoms with Gasteiger partial charge in [0.05, 0.1) is 6.61 Å². The van der Waals surface area contributed by atoms with Crippen LogP contribution in [0.25, 0.3) is 0 Å². The lowest BCUT2D eigenvalue weighted by Gasteiger charge is -2.34. The molecule has 0 heterocycles. The summed E-state index contributed by atoms with van der Waals surface area (Å²) in [6.45, 7) is 7.56. The number of ether oxygens (including phenoxy) is 1. The van der Waals surface area contributed by atoms with Crippen molar-refractivity contribution in [1.82, 2.24) is 10.2 Å². The molecule has 2 unspecified atom stereocenters.